The lowest BCUT2D eigenvalue weighted by molar-refractivity contribution is -0.119. The van der Waals surface area contributed by atoms with E-state index >= 15 is 0 Å². The maximum absolute atomic E-state index is 11.7. The second kappa shape index (κ2) is 9.41. The molecule has 8 nitrogen and oxygen atoms in total. The molecule has 0 spiro atoms. The zero-order valence-electron chi connectivity index (χ0n) is 17.1. The molecule has 1 heterocycles. The lowest BCUT2D eigenvalue weighted by Gasteiger charge is -2.37. The molecule has 0 atom stereocenters. The van der Waals surface area contributed by atoms with Crippen LogP contribution in [0.1, 0.15) is 27.6 Å². The Hall–Kier alpha value is -3.39. The molecule has 1 aliphatic rings. The zero-order chi connectivity index (χ0) is 21.7. The van der Waals surface area contributed by atoms with Gasteiger partial charge in [-0.25, -0.2) is 4.79 Å². The topological polar surface area (TPSA) is 99.2 Å². The van der Waals surface area contributed by atoms with E-state index in [2.05, 4.69) is 15.1 Å². The van der Waals surface area contributed by atoms with E-state index < -0.39 is 11.9 Å². The molecule has 1 amide bonds. The number of benzene rings is 2. The number of carboxylic acids is 1. The first-order valence-corrected chi connectivity index (χ1v) is 9.66. The van der Waals surface area contributed by atoms with Gasteiger partial charge in [0, 0.05) is 50.2 Å². The fraction of sp³-hybridized carbons (Fsp3) is 0.318. The number of methoxy groups -OCH3 is 1. The van der Waals surface area contributed by atoms with Crippen LogP contribution in [0.25, 0.3) is 0 Å². The number of piperazine rings is 1. The first kappa shape index (κ1) is 21.3. The van der Waals surface area contributed by atoms with Crippen LogP contribution in [0.5, 0.6) is 0 Å². The molecule has 2 aromatic rings. The number of carbonyl (C=O) groups excluding carboxylic acids is 2. The molecule has 0 unspecified atom stereocenters. The third-order valence-electron chi connectivity index (χ3n) is 5.07. The van der Waals surface area contributed by atoms with Crippen LogP contribution in [0.3, 0.4) is 0 Å². The van der Waals surface area contributed by atoms with Crippen LogP contribution >= 0.6 is 0 Å². The number of hydrogen-bond donors (Lipinski definition) is 2. The molecule has 30 heavy (non-hydrogen) atoms. The zero-order valence-corrected chi connectivity index (χ0v) is 17.1. The van der Waals surface area contributed by atoms with E-state index in [1.54, 1.807) is 19.1 Å². The highest BCUT2D eigenvalue weighted by molar-refractivity contribution is 6.01. The van der Waals surface area contributed by atoms with Gasteiger partial charge in [0.15, 0.2) is 5.78 Å². The number of ether oxygens (including phenoxy) is 1. The number of nitrogens with zero attached hydrogens (tertiary/aromatic N) is 2. The minimum absolute atomic E-state index is 0.0409. The van der Waals surface area contributed by atoms with E-state index in [9.17, 15) is 19.5 Å². The Balaban J connectivity index is 1.68. The Morgan fingerprint density at radius 2 is 1.53 bits per heavy atom. The summed E-state index contributed by atoms with van der Waals surface area (Å²) in [6.45, 7) is 4.40. The average molecular weight is 411 g/mol. The van der Waals surface area contributed by atoms with Gasteiger partial charge >= 0.3 is 5.97 Å². The maximum Gasteiger partial charge on any atom is 0.337 e. The fourth-order valence-corrected chi connectivity index (χ4v) is 3.46. The SMILES string of the molecule is COCC(=O)Nc1ccc(N2CCN(c3ccc(C(C)=O)cc3)CC2)cc1C(=O)O. The van der Waals surface area contributed by atoms with Gasteiger partial charge < -0.3 is 25.0 Å². The number of Topliss-reactive ketones (excluding diaryl/α,β-unsaturated/α-hetero) is 1. The van der Waals surface area contributed by atoms with Crippen molar-refractivity contribution in [2.24, 2.45) is 0 Å². The van der Waals surface area contributed by atoms with Crippen molar-refractivity contribution in [3.63, 3.8) is 0 Å². The molecule has 0 bridgehead atoms. The minimum atomic E-state index is -1.10. The first-order chi connectivity index (χ1) is 14.4. The summed E-state index contributed by atoms with van der Waals surface area (Å²) in [6, 6.07) is 12.6. The standard InChI is InChI=1S/C22H25N3O5/c1-15(26)16-3-5-17(6-4-16)24-9-11-25(12-10-24)18-7-8-20(19(13-18)22(28)29)23-21(27)14-30-2/h3-8,13H,9-12,14H2,1-2H3,(H,23,27)(H,28,29). The number of ketones is 1. The Labute approximate surface area is 175 Å². The highest BCUT2D eigenvalue weighted by Gasteiger charge is 2.20. The lowest BCUT2D eigenvalue weighted by atomic mass is 10.1. The predicted octanol–water partition coefficient (Wildman–Crippen LogP) is 2.50. The summed E-state index contributed by atoms with van der Waals surface area (Å²) < 4.78 is 4.77. The molecule has 1 aliphatic heterocycles. The minimum Gasteiger partial charge on any atom is -0.478 e. The van der Waals surface area contributed by atoms with Gasteiger partial charge in [-0.1, -0.05) is 0 Å². The summed E-state index contributed by atoms with van der Waals surface area (Å²) in [5.41, 5.74) is 2.83. The van der Waals surface area contributed by atoms with Gasteiger partial charge in [-0.3, -0.25) is 9.59 Å². The van der Waals surface area contributed by atoms with E-state index in [-0.39, 0.29) is 23.6 Å². The van der Waals surface area contributed by atoms with Crippen LogP contribution in [0.2, 0.25) is 0 Å². The number of rotatable bonds is 7. The molecule has 0 radical (unpaired) electrons. The van der Waals surface area contributed by atoms with E-state index in [0.29, 0.717) is 5.56 Å². The van der Waals surface area contributed by atoms with Gasteiger partial charge in [-0.15, -0.1) is 0 Å². The highest BCUT2D eigenvalue weighted by Crippen LogP contribution is 2.26. The molecular formula is C22H25N3O5. The van der Waals surface area contributed by atoms with Crippen LogP contribution in [0, 0.1) is 0 Å². The van der Waals surface area contributed by atoms with Crippen molar-refractivity contribution in [2.45, 2.75) is 6.92 Å². The Kier molecular flexibility index (Phi) is 6.68. The van der Waals surface area contributed by atoms with Crippen molar-refractivity contribution in [1.29, 1.82) is 0 Å². The van der Waals surface area contributed by atoms with Gasteiger partial charge in [0.05, 0.1) is 11.3 Å². The van der Waals surface area contributed by atoms with Gasteiger partial charge in [0.2, 0.25) is 5.91 Å². The van der Waals surface area contributed by atoms with E-state index in [0.717, 1.165) is 37.6 Å². The van der Waals surface area contributed by atoms with Gasteiger partial charge in [0.1, 0.15) is 6.61 Å². The normalized spacial score (nSPS) is 13.8. The largest absolute Gasteiger partial charge is 0.478 e. The molecule has 1 fully saturated rings. The van der Waals surface area contributed by atoms with Gasteiger partial charge in [0.25, 0.3) is 0 Å². The number of anilines is 3. The van der Waals surface area contributed by atoms with Gasteiger partial charge in [-0.05, 0) is 49.4 Å². The average Bonchev–Trinajstić information content (AvgIpc) is 2.74. The summed E-state index contributed by atoms with van der Waals surface area (Å²) in [5.74, 6) is -1.46. The predicted molar refractivity (Wildman–Crippen MR) is 115 cm³/mol. The molecule has 1 saturated heterocycles. The lowest BCUT2D eigenvalue weighted by Crippen LogP contribution is -2.46. The van der Waals surface area contributed by atoms with E-state index in [1.807, 2.05) is 30.3 Å². The van der Waals surface area contributed by atoms with Crippen molar-refractivity contribution >= 4 is 34.7 Å². The number of aromatic carboxylic acids is 1. The molecule has 0 aliphatic carbocycles. The number of carboxylic acid groups (broad SMARTS) is 1. The molecule has 2 N–H and O–H groups in total. The van der Waals surface area contributed by atoms with Crippen molar-refractivity contribution in [3.8, 4) is 0 Å². The Morgan fingerprint density at radius 1 is 0.967 bits per heavy atom. The molecule has 2 aromatic carbocycles. The summed E-state index contributed by atoms with van der Waals surface area (Å²) in [6.07, 6.45) is 0. The van der Waals surface area contributed by atoms with E-state index in [4.69, 9.17) is 4.74 Å². The van der Waals surface area contributed by atoms with Crippen LogP contribution in [-0.2, 0) is 9.53 Å². The number of hydrogen-bond acceptors (Lipinski definition) is 6. The van der Waals surface area contributed by atoms with Crippen LogP contribution < -0.4 is 15.1 Å². The van der Waals surface area contributed by atoms with E-state index in [1.165, 1.54) is 7.11 Å². The second-order valence-corrected chi connectivity index (χ2v) is 7.09. The molecule has 0 saturated carbocycles. The quantitative estimate of drug-likeness (QED) is 0.676. The molecule has 158 valence electrons. The fourth-order valence-electron chi connectivity index (χ4n) is 3.46. The van der Waals surface area contributed by atoms with Crippen LogP contribution in [-0.4, -0.2) is 62.7 Å². The monoisotopic (exact) mass is 411 g/mol. The molecule has 3 rings (SSSR count). The number of nitrogens with one attached hydrogen (secondary N) is 1. The highest BCUT2D eigenvalue weighted by atomic mass is 16.5. The maximum atomic E-state index is 11.7. The third kappa shape index (κ3) is 4.96. The van der Waals surface area contributed by atoms with Crippen molar-refractivity contribution < 1.29 is 24.2 Å². The van der Waals surface area contributed by atoms with Crippen LogP contribution in [0.4, 0.5) is 17.1 Å². The molecule has 8 heteroatoms. The van der Waals surface area contributed by atoms with Crippen molar-refractivity contribution in [1.82, 2.24) is 0 Å². The van der Waals surface area contributed by atoms with Gasteiger partial charge in [-0.2, -0.15) is 0 Å². The summed E-state index contributed by atoms with van der Waals surface area (Å²) in [7, 11) is 1.40. The number of amides is 1. The number of carbonyl (C=O) groups is 3. The van der Waals surface area contributed by atoms with Crippen LogP contribution in [0.15, 0.2) is 42.5 Å². The smallest absolute Gasteiger partial charge is 0.337 e. The summed E-state index contributed by atoms with van der Waals surface area (Å²) in [5, 5.41) is 12.1. The van der Waals surface area contributed by atoms with Crippen molar-refractivity contribution in [2.75, 3.05) is 55.0 Å². The summed E-state index contributed by atoms with van der Waals surface area (Å²) in [4.78, 5) is 39.2. The third-order valence-corrected chi connectivity index (χ3v) is 5.07. The Bertz CT molecular complexity index is 934. The molecular weight excluding hydrogens is 386 g/mol. The van der Waals surface area contributed by atoms with Crippen molar-refractivity contribution in [3.05, 3.63) is 53.6 Å². The Morgan fingerprint density at radius 3 is 2.07 bits per heavy atom. The second-order valence-electron chi connectivity index (χ2n) is 7.09. The molecule has 0 aromatic heterocycles. The first-order valence-electron chi connectivity index (χ1n) is 9.66. The summed E-state index contributed by atoms with van der Waals surface area (Å²) >= 11 is 0.